The molecule has 1 aliphatic rings. The predicted molar refractivity (Wildman–Crippen MR) is 125 cm³/mol. The van der Waals surface area contributed by atoms with Crippen LogP contribution < -0.4 is 10.6 Å². The van der Waals surface area contributed by atoms with E-state index in [0.717, 1.165) is 11.1 Å². The minimum absolute atomic E-state index is 0.000103. The molecule has 2 aromatic rings. The monoisotopic (exact) mass is 483 g/mol. The Labute approximate surface area is 203 Å². The molecular formula is C25H29N3O7. The van der Waals surface area contributed by atoms with Crippen molar-refractivity contribution < 1.29 is 33.4 Å². The smallest absolute Gasteiger partial charge is 0.407 e. The lowest BCUT2D eigenvalue weighted by Gasteiger charge is -2.38. The van der Waals surface area contributed by atoms with E-state index >= 15 is 0 Å². The Morgan fingerprint density at radius 2 is 1.23 bits per heavy atom. The minimum atomic E-state index is -0.611. The number of esters is 1. The van der Waals surface area contributed by atoms with Crippen molar-refractivity contribution in [2.45, 2.75) is 32.2 Å². The summed E-state index contributed by atoms with van der Waals surface area (Å²) in [4.78, 5) is 49.0. The zero-order valence-electron chi connectivity index (χ0n) is 19.3. The zero-order chi connectivity index (χ0) is 24.9. The highest BCUT2D eigenvalue weighted by atomic mass is 16.6. The summed E-state index contributed by atoms with van der Waals surface area (Å²) in [5.74, 6) is -0.614. The topological polar surface area (TPSA) is 123 Å². The molecule has 1 fully saturated rings. The van der Waals surface area contributed by atoms with Crippen LogP contribution in [0.4, 0.5) is 9.59 Å². The summed E-state index contributed by atoms with van der Waals surface area (Å²) < 4.78 is 15.4. The van der Waals surface area contributed by atoms with Gasteiger partial charge < -0.3 is 29.7 Å². The summed E-state index contributed by atoms with van der Waals surface area (Å²) in [6.45, 7) is 1.15. The minimum Gasteiger partial charge on any atom is -0.459 e. The number of hydrogen-bond donors (Lipinski definition) is 2. The van der Waals surface area contributed by atoms with Gasteiger partial charge in [0.25, 0.3) is 0 Å². The number of nitrogens with zero attached hydrogens (tertiary/aromatic N) is 1. The van der Waals surface area contributed by atoms with Gasteiger partial charge in [-0.25, -0.2) is 9.59 Å². The molecule has 0 aromatic heterocycles. The first-order chi connectivity index (χ1) is 17.0. The number of carbonyl (C=O) groups excluding carboxylic acids is 4. The number of hydrogen-bond acceptors (Lipinski definition) is 7. The maximum absolute atomic E-state index is 12.2. The fraction of sp³-hybridized carbons (Fsp3) is 0.360. The van der Waals surface area contributed by atoms with Gasteiger partial charge in [-0.15, -0.1) is 0 Å². The largest absolute Gasteiger partial charge is 0.459 e. The fourth-order valence-corrected chi connectivity index (χ4v) is 3.21. The summed E-state index contributed by atoms with van der Waals surface area (Å²) in [5, 5.41) is 5.04. The molecule has 0 bridgehead atoms. The van der Waals surface area contributed by atoms with Gasteiger partial charge in [0.2, 0.25) is 5.91 Å². The van der Waals surface area contributed by atoms with Crippen molar-refractivity contribution in [1.82, 2.24) is 15.5 Å². The second-order valence-electron chi connectivity index (χ2n) is 7.89. The standard InChI is InChI=1S/C25H29N3O7/c29-22(11-13-26-24(31)33-17-19-7-3-1-4-8-19)28-15-21(16-28)35-23(30)12-14-27-25(32)34-18-20-9-5-2-6-10-20/h1-10,21H,11-18H2,(H,26,31)(H,27,32). The van der Waals surface area contributed by atoms with E-state index in [4.69, 9.17) is 14.2 Å². The van der Waals surface area contributed by atoms with Crippen molar-refractivity contribution in [3.05, 3.63) is 71.8 Å². The number of alkyl carbamates (subject to hydrolysis) is 2. The first-order valence-electron chi connectivity index (χ1n) is 11.4. The highest BCUT2D eigenvalue weighted by molar-refractivity contribution is 5.78. The number of likely N-dealkylation sites (tertiary alicyclic amines) is 1. The fourth-order valence-electron chi connectivity index (χ4n) is 3.21. The summed E-state index contributed by atoms with van der Waals surface area (Å²) in [5.41, 5.74) is 1.74. The van der Waals surface area contributed by atoms with Gasteiger partial charge in [-0.05, 0) is 11.1 Å². The molecule has 1 heterocycles. The molecule has 3 rings (SSSR count). The average molecular weight is 484 g/mol. The second kappa shape index (κ2) is 13.6. The van der Waals surface area contributed by atoms with Crippen LogP contribution in [-0.2, 0) is 37.0 Å². The molecule has 1 saturated heterocycles. The summed E-state index contributed by atoms with van der Waals surface area (Å²) in [6.07, 6.45) is -1.45. The quantitative estimate of drug-likeness (QED) is 0.372. The average Bonchev–Trinajstić information content (AvgIpc) is 2.84. The van der Waals surface area contributed by atoms with Gasteiger partial charge in [0.1, 0.15) is 19.3 Å². The van der Waals surface area contributed by atoms with E-state index in [2.05, 4.69) is 10.6 Å². The lowest BCUT2D eigenvalue weighted by atomic mass is 10.1. The molecule has 0 atom stereocenters. The maximum Gasteiger partial charge on any atom is 0.407 e. The highest BCUT2D eigenvalue weighted by Gasteiger charge is 2.33. The van der Waals surface area contributed by atoms with Crippen molar-refractivity contribution >= 4 is 24.1 Å². The van der Waals surface area contributed by atoms with Crippen LogP contribution in [-0.4, -0.2) is 61.2 Å². The first kappa shape index (κ1) is 25.5. The molecule has 3 amide bonds. The molecule has 10 heteroatoms. The van der Waals surface area contributed by atoms with Crippen molar-refractivity contribution in [1.29, 1.82) is 0 Å². The van der Waals surface area contributed by atoms with E-state index in [-0.39, 0.29) is 51.2 Å². The van der Waals surface area contributed by atoms with E-state index in [1.54, 1.807) is 4.90 Å². The second-order valence-corrected chi connectivity index (χ2v) is 7.89. The normalized spacial score (nSPS) is 12.7. The Bertz CT molecular complexity index is 979. The molecule has 35 heavy (non-hydrogen) atoms. The molecule has 2 aromatic carbocycles. The molecule has 10 nitrogen and oxygen atoms in total. The van der Waals surface area contributed by atoms with Gasteiger partial charge in [-0.2, -0.15) is 0 Å². The van der Waals surface area contributed by atoms with E-state index in [9.17, 15) is 19.2 Å². The van der Waals surface area contributed by atoms with Crippen molar-refractivity contribution in [2.24, 2.45) is 0 Å². The van der Waals surface area contributed by atoms with Gasteiger partial charge in [0.15, 0.2) is 0 Å². The number of ether oxygens (including phenoxy) is 3. The van der Waals surface area contributed by atoms with E-state index < -0.39 is 18.2 Å². The lowest BCUT2D eigenvalue weighted by Crippen LogP contribution is -2.55. The van der Waals surface area contributed by atoms with Crippen LogP contribution in [0.25, 0.3) is 0 Å². The molecule has 0 radical (unpaired) electrons. The van der Waals surface area contributed by atoms with Crippen molar-refractivity contribution in [3.63, 3.8) is 0 Å². The Balaban J connectivity index is 1.18. The van der Waals surface area contributed by atoms with Crippen LogP contribution >= 0.6 is 0 Å². The number of amides is 3. The number of nitrogens with one attached hydrogen (secondary N) is 2. The third kappa shape index (κ3) is 9.36. The summed E-state index contributed by atoms with van der Waals surface area (Å²) in [7, 11) is 0. The van der Waals surface area contributed by atoms with Crippen LogP contribution in [0.5, 0.6) is 0 Å². The molecule has 0 saturated carbocycles. The van der Waals surface area contributed by atoms with Crippen LogP contribution in [0.2, 0.25) is 0 Å². The zero-order valence-corrected chi connectivity index (χ0v) is 19.3. The van der Waals surface area contributed by atoms with E-state index in [0.29, 0.717) is 13.1 Å². The molecule has 0 aliphatic carbocycles. The molecule has 2 N–H and O–H groups in total. The third-order valence-electron chi connectivity index (χ3n) is 5.13. The van der Waals surface area contributed by atoms with Gasteiger partial charge in [0.05, 0.1) is 19.5 Å². The van der Waals surface area contributed by atoms with Gasteiger partial charge >= 0.3 is 18.2 Å². The maximum atomic E-state index is 12.2. The van der Waals surface area contributed by atoms with E-state index in [1.807, 2.05) is 60.7 Å². The van der Waals surface area contributed by atoms with Crippen molar-refractivity contribution in [2.75, 3.05) is 26.2 Å². The number of rotatable bonds is 11. The van der Waals surface area contributed by atoms with Gasteiger partial charge in [-0.3, -0.25) is 9.59 Å². The molecule has 0 unspecified atom stereocenters. The predicted octanol–water partition coefficient (Wildman–Crippen LogP) is 2.37. The summed E-state index contributed by atoms with van der Waals surface area (Å²) in [6, 6.07) is 18.5. The lowest BCUT2D eigenvalue weighted by molar-refractivity contribution is -0.163. The first-order valence-corrected chi connectivity index (χ1v) is 11.4. The number of carbonyl (C=O) groups is 4. The SMILES string of the molecule is O=C(CCNC(=O)OCc1ccccc1)OC1CN(C(=O)CCNC(=O)OCc2ccccc2)C1. The Morgan fingerprint density at radius 1 is 0.743 bits per heavy atom. The Morgan fingerprint density at radius 3 is 1.74 bits per heavy atom. The van der Waals surface area contributed by atoms with Crippen LogP contribution in [0.1, 0.15) is 24.0 Å². The third-order valence-corrected chi connectivity index (χ3v) is 5.13. The Hall–Kier alpha value is -4.08. The Kier molecular flexibility index (Phi) is 9.91. The molecule has 1 aliphatic heterocycles. The molecule has 0 spiro atoms. The van der Waals surface area contributed by atoms with Crippen molar-refractivity contribution in [3.8, 4) is 0 Å². The number of benzene rings is 2. The highest BCUT2D eigenvalue weighted by Crippen LogP contribution is 2.13. The van der Waals surface area contributed by atoms with Crippen LogP contribution in [0.15, 0.2) is 60.7 Å². The van der Waals surface area contributed by atoms with Crippen LogP contribution in [0.3, 0.4) is 0 Å². The van der Waals surface area contributed by atoms with E-state index in [1.165, 1.54) is 0 Å². The summed E-state index contributed by atoms with van der Waals surface area (Å²) >= 11 is 0. The van der Waals surface area contributed by atoms with Crippen LogP contribution in [0, 0.1) is 0 Å². The van der Waals surface area contributed by atoms with Gasteiger partial charge in [0, 0.05) is 19.5 Å². The van der Waals surface area contributed by atoms with Gasteiger partial charge in [-0.1, -0.05) is 60.7 Å². The molecular weight excluding hydrogens is 454 g/mol. The molecule has 186 valence electrons.